The van der Waals surface area contributed by atoms with E-state index in [1.165, 1.54) is 12.0 Å². The quantitative estimate of drug-likeness (QED) is 0.920. The Labute approximate surface area is 123 Å². The molecule has 21 heavy (non-hydrogen) atoms. The second-order valence-electron chi connectivity index (χ2n) is 5.48. The molecule has 0 aliphatic carbocycles. The molecule has 5 heteroatoms. The summed E-state index contributed by atoms with van der Waals surface area (Å²) in [4.78, 5) is 6.63. The van der Waals surface area contributed by atoms with Gasteiger partial charge in [-0.3, -0.25) is 10.1 Å². The third kappa shape index (κ3) is 2.23. The van der Waals surface area contributed by atoms with E-state index >= 15 is 0 Å². The Balaban J connectivity index is 1.77. The number of hydrogen-bond acceptors (Lipinski definition) is 4. The van der Waals surface area contributed by atoms with Crippen molar-refractivity contribution >= 4 is 11.8 Å². The molecule has 0 amide bonds. The SMILES string of the molecule is C1=CC(c2ccn[nH]2)N(C2CCCCO2)c2cnccc21. The highest BCUT2D eigenvalue weighted by atomic mass is 16.5. The van der Waals surface area contributed by atoms with Gasteiger partial charge in [-0.05, 0) is 31.4 Å². The maximum atomic E-state index is 6.03. The zero-order chi connectivity index (χ0) is 14.1. The van der Waals surface area contributed by atoms with E-state index in [0.29, 0.717) is 0 Å². The van der Waals surface area contributed by atoms with E-state index in [9.17, 15) is 0 Å². The van der Waals surface area contributed by atoms with Gasteiger partial charge in [0.15, 0.2) is 0 Å². The summed E-state index contributed by atoms with van der Waals surface area (Å²) in [5.41, 5.74) is 3.40. The van der Waals surface area contributed by atoms with Crippen LogP contribution in [0.1, 0.15) is 36.6 Å². The maximum Gasteiger partial charge on any atom is 0.130 e. The number of rotatable bonds is 2. The minimum Gasteiger partial charge on any atom is -0.358 e. The lowest BCUT2D eigenvalue weighted by Gasteiger charge is -2.42. The number of H-pyrrole nitrogens is 1. The minimum atomic E-state index is 0.0972. The number of ether oxygens (including phenoxy) is 1. The summed E-state index contributed by atoms with van der Waals surface area (Å²) in [6.45, 7) is 0.830. The zero-order valence-electron chi connectivity index (χ0n) is 11.8. The summed E-state index contributed by atoms with van der Waals surface area (Å²) in [7, 11) is 0. The molecule has 0 spiro atoms. The average Bonchev–Trinajstić information content (AvgIpc) is 3.09. The molecule has 1 N–H and O–H groups in total. The van der Waals surface area contributed by atoms with Crippen LogP contribution in [-0.2, 0) is 4.74 Å². The van der Waals surface area contributed by atoms with Gasteiger partial charge in [0, 0.05) is 24.6 Å². The Hall–Kier alpha value is -2.14. The number of anilines is 1. The lowest BCUT2D eigenvalue weighted by molar-refractivity contribution is 0.0108. The van der Waals surface area contributed by atoms with E-state index in [4.69, 9.17) is 4.74 Å². The summed E-state index contributed by atoms with van der Waals surface area (Å²) in [5.74, 6) is 0. The van der Waals surface area contributed by atoms with E-state index in [1.54, 1.807) is 6.20 Å². The second-order valence-corrected chi connectivity index (χ2v) is 5.48. The van der Waals surface area contributed by atoms with Gasteiger partial charge in [0.1, 0.15) is 6.23 Å². The van der Waals surface area contributed by atoms with Gasteiger partial charge in [-0.2, -0.15) is 5.10 Å². The Morgan fingerprint density at radius 1 is 1.24 bits per heavy atom. The van der Waals surface area contributed by atoms with Crippen LogP contribution in [0.25, 0.3) is 6.08 Å². The average molecular weight is 282 g/mol. The molecule has 0 radical (unpaired) electrons. The zero-order valence-corrected chi connectivity index (χ0v) is 11.8. The fourth-order valence-electron chi connectivity index (χ4n) is 3.15. The summed E-state index contributed by atoms with van der Waals surface area (Å²) < 4.78 is 6.03. The van der Waals surface area contributed by atoms with Gasteiger partial charge in [0.05, 0.1) is 23.6 Å². The molecule has 1 saturated heterocycles. The smallest absolute Gasteiger partial charge is 0.130 e. The first kappa shape index (κ1) is 12.6. The monoisotopic (exact) mass is 282 g/mol. The minimum absolute atomic E-state index is 0.0972. The van der Waals surface area contributed by atoms with Crippen LogP contribution >= 0.6 is 0 Å². The van der Waals surface area contributed by atoms with Crippen LogP contribution in [0, 0.1) is 0 Å². The third-order valence-corrected chi connectivity index (χ3v) is 4.18. The Morgan fingerprint density at radius 3 is 3.05 bits per heavy atom. The standard InChI is InChI=1S/C16H18N4O/c1-2-10-21-16(3-1)20-14(13-7-9-18-19-13)5-4-12-6-8-17-11-15(12)20/h4-9,11,14,16H,1-3,10H2,(H,18,19). The largest absolute Gasteiger partial charge is 0.358 e. The van der Waals surface area contributed by atoms with Crippen molar-refractivity contribution in [2.24, 2.45) is 0 Å². The topological polar surface area (TPSA) is 54.0 Å². The molecule has 2 aromatic rings. The third-order valence-electron chi connectivity index (χ3n) is 4.18. The van der Waals surface area contributed by atoms with E-state index in [-0.39, 0.29) is 12.3 Å². The van der Waals surface area contributed by atoms with E-state index in [0.717, 1.165) is 30.8 Å². The number of aromatic amines is 1. The van der Waals surface area contributed by atoms with Gasteiger partial charge < -0.3 is 9.64 Å². The molecule has 1 fully saturated rings. The van der Waals surface area contributed by atoms with Crippen LogP contribution in [0.3, 0.4) is 0 Å². The Morgan fingerprint density at radius 2 is 2.24 bits per heavy atom. The predicted molar refractivity (Wildman–Crippen MR) is 80.7 cm³/mol. The molecule has 4 rings (SSSR count). The molecule has 108 valence electrons. The summed E-state index contributed by atoms with van der Waals surface area (Å²) in [5, 5.41) is 7.18. The number of fused-ring (bicyclic) bond motifs is 1. The Kier molecular flexibility index (Phi) is 3.20. The van der Waals surface area contributed by atoms with Gasteiger partial charge >= 0.3 is 0 Å². The van der Waals surface area contributed by atoms with Crippen LogP contribution < -0.4 is 4.90 Å². The number of hydrogen-bond donors (Lipinski definition) is 1. The first-order chi connectivity index (χ1) is 10.4. The van der Waals surface area contributed by atoms with Gasteiger partial charge in [0.25, 0.3) is 0 Å². The van der Waals surface area contributed by atoms with E-state index in [1.807, 2.05) is 24.5 Å². The molecule has 2 atom stereocenters. The first-order valence-electron chi connectivity index (χ1n) is 7.45. The molecular weight excluding hydrogens is 264 g/mol. The predicted octanol–water partition coefficient (Wildman–Crippen LogP) is 2.91. The van der Waals surface area contributed by atoms with Crippen molar-refractivity contribution in [3.05, 3.63) is 48.1 Å². The molecule has 2 unspecified atom stereocenters. The van der Waals surface area contributed by atoms with Crippen molar-refractivity contribution in [1.29, 1.82) is 0 Å². The Bertz CT molecular complexity index is 631. The lowest BCUT2D eigenvalue weighted by atomic mass is 10.00. The van der Waals surface area contributed by atoms with Gasteiger partial charge in [-0.15, -0.1) is 0 Å². The molecular formula is C16H18N4O. The summed E-state index contributed by atoms with van der Waals surface area (Å²) in [6, 6.07) is 4.18. The molecule has 2 aromatic heterocycles. The van der Waals surface area contributed by atoms with Crippen molar-refractivity contribution in [3.63, 3.8) is 0 Å². The molecule has 4 heterocycles. The van der Waals surface area contributed by atoms with Gasteiger partial charge in [0.2, 0.25) is 0 Å². The van der Waals surface area contributed by atoms with E-state index in [2.05, 4.69) is 32.2 Å². The second kappa shape index (κ2) is 5.33. The van der Waals surface area contributed by atoms with Crippen molar-refractivity contribution in [2.45, 2.75) is 31.5 Å². The summed E-state index contributed by atoms with van der Waals surface area (Å²) >= 11 is 0. The van der Waals surface area contributed by atoms with Gasteiger partial charge in [-0.25, -0.2) is 0 Å². The van der Waals surface area contributed by atoms with Crippen LogP contribution in [-0.4, -0.2) is 28.0 Å². The number of nitrogens with one attached hydrogen (secondary N) is 1. The lowest BCUT2D eigenvalue weighted by Crippen LogP contribution is -2.43. The normalized spacial score (nSPS) is 24.9. The van der Waals surface area contributed by atoms with Crippen LogP contribution in [0.5, 0.6) is 0 Å². The fourth-order valence-corrected chi connectivity index (χ4v) is 3.15. The number of pyridine rings is 1. The molecule has 0 aromatic carbocycles. The highest BCUT2D eigenvalue weighted by Crippen LogP contribution is 2.38. The summed E-state index contributed by atoms with van der Waals surface area (Å²) in [6.07, 6.45) is 13.4. The fraction of sp³-hybridized carbons (Fsp3) is 0.375. The number of aromatic nitrogens is 3. The first-order valence-corrected chi connectivity index (χ1v) is 7.45. The van der Waals surface area contributed by atoms with Gasteiger partial charge in [-0.1, -0.05) is 12.2 Å². The molecule has 0 bridgehead atoms. The maximum absolute atomic E-state index is 6.03. The van der Waals surface area contributed by atoms with Crippen molar-refractivity contribution in [1.82, 2.24) is 15.2 Å². The highest BCUT2D eigenvalue weighted by molar-refractivity contribution is 5.72. The molecule has 2 aliphatic rings. The van der Waals surface area contributed by atoms with Crippen molar-refractivity contribution < 1.29 is 4.74 Å². The van der Waals surface area contributed by atoms with Crippen molar-refractivity contribution in [3.8, 4) is 0 Å². The number of nitrogens with zero attached hydrogens (tertiary/aromatic N) is 3. The van der Waals surface area contributed by atoms with E-state index < -0.39 is 0 Å². The van der Waals surface area contributed by atoms with Crippen LogP contribution in [0.15, 0.2) is 36.8 Å². The molecule has 5 nitrogen and oxygen atoms in total. The van der Waals surface area contributed by atoms with Crippen LogP contribution in [0.4, 0.5) is 5.69 Å². The van der Waals surface area contributed by atoms with Crippen LogP contribution in [0.2, 0.25) is 0 Å². The molecule has 2 aliphatic heterocycles. The van der Waals surface area contributed by atoms with Crippen molar-refractivity contribution in [2.75, 3.05) is 11.5 Å². The highest BCUT2D eigenvalue weighted by Gasteiger charge is 2.32. The molecule has 0 saturated carbocycles.